The van der Waals surface area contributed by atoms with Gasteiger partial charge >= 0.3 is 0 Å². The first-order valence-electron chi connectivity index (χ1n) is 6.35. The molecule has 0 amide bonds. The first kappa shape index (κ1) is 12.3. The predicted octanol–water partition coefficient (Wildman–Crippen LogP) is 3.78. The number of rotatable bonds is 3. The van der Waals surface area contributed by atoms with Gasteiger partial charge in [0.25, 0.3) is 0 Å². The molecule has 0 radical (unpaired) electrons. The van der Waals surface area contributed by atoms with Crippen LogP contribution in [-0.2, 0) is 5.41 Å². The second-order valence-corrected chi connectivity index (χ2v) is 5.25. The van der Waals surface area contributed by atoms with Crippen molar-refractivity contribution >= 4 is 0 Å². The first-order valence-corrected chi connectivity index (χ1v) is 6.35. The highest BCUT2D eigenvalue weighted by Gasteiger charge is 2.39. The van der Waals surface area contributed by atoms with Crippen LogP contribution in [0.5, 0.6) is 11.5 Å². The van der Waals surface area contributed by atoms with Crippen molar-refractivity contribution in [2.45, 2.75) is 38.5 Å². The third-order valence-electron chi connectivity index (χ3n) is 4.44. The van der Waals surface area contributed by atoms with E-state index in [1.54, 1.807) is 14.2 Å². The maximum Gasteiger partial charge on any atom is 0.164 e. The SMILES string of the molecule is COc1cccc(C2(C)CCCC2C)c1OC. The maximum absolute atomic E-state index is 5.57. The molecular formula is C15H22O2. The van der Waals surface area contributed by atoms with E-state index in [1.165, 1.54) is 24.8 Å². The van der Waals surface area contributed by atoms with E-state index in [1.807, 2.05) is 6.07 Å². The van der Waals surface area contributed by atoms with Gasteiger partial charge in [-0.2, -0.15) is 0 Å². The molecular weight excluding hydrogens is 212 g/mol. The minimum Gasteiger partial charge on any atom is -0.493 e. The average molecular weight is 234 g/mol. The van der Waals surface area contributed by atoms with Crippen LogP contribution in [-0.4, -0.2) is 14.2 Å². The lowest BCUT2D eigenvalue weighted by molar-refractivity contribution is 0.319. The second kappa shape index (κ2) is 4.59. The van der Waals surface area contributed by atoms with Crippen LogP contribution >= 0.6 is 0 Å². The summed E-state index contributed by atoms with van der Waals surface area (Å²) < 4.78 is 11.0. The van der Waals surface area contributed by atoms with Crippen molar-refractivity contribution in [3.05, 3.63) is 23.8 Å². The molecule has 0 spiro atoms. The quantitative estimate of drug-likeness (QED) is 0.792. The lowest BCUT2D eigenvalue weighted by Gasteiger charge is -2.31. The van der Waals surface area contributed by atoms with Gasteiger partial charge in [0.2, 0.25) is 0 Å². The molecule has 1 aromatic rings. The van der Waals surface area contributed by atoms with Crippen LogP contribution in [0.1, 0.15) is 38.7 Å². The number of ether oxygens (including phenoxy) is 2. The maximum atomic E-state index is 5.57. The molecule has 1 aromatic carbocycles. The van der Waals surface area contributed by atoms with E-state index >= 15 is 0 Å². The Morgan fingerprint density at radius 1 is 1.24 bits per heavy atom. The molecule has 1 fully saturated rings. The van der Waals surface area contributed by atoms with Crippen molar-refractivity contribution in [3.8, 4) is 11.5 Å². The molecule has 0 heterocycles. The molecule has 1 saturated carbocycles. The molecule has 0 aromatic heterocycles. The molecule has 2 atom stereocenters. The average Bonchev–Trinajstić information content (AvgIpc) is 2.69. The fourth-order valence-corrected chi connectivity index (χ4v) is 3.08. The summed E-state index contributed by atoms with van der Waals surface area (Å²) in [6.45, 7) is 4.69. The molecule has 0 saturated heterocycles. The van der Waals surface area contributed by atoms with Crippen molar-refractivity contribution in [1.82, 2.24) is 0 Å². The molecule has 0 bridgehead atoms. The zero-order chi connectivity index (χ0) is 12.5. The highest BCUT2D eigenvalue weighted by atomic mass is 16.5. The van der Waals surface area contributed by atoms with E-state index in [4.69, 9.17) is 9.47 Å². The van der Waals surface area contributed by atoms with Gasteiger partial charge in [-0.05, 0) is 30.2 Å². The Kier molecular flexibility index (Phi) is 3.32. The van der Waals surface area contributed by atoms with E-state index < -0.39 is 0 Å². The van der Waals surface area contributed by atoms with Crippen LogP contribution < -0.4 is 9.47 Å². The smallest absolute Gasteiger partial charge is 0.164 e. The van der Waals surface area contributed by atoms with Crippen LogP contribution in [0.15, 0.2) is 18.2 Å². The molecule has 2 heteroatoms. The molecule has 1 aliphatic rings. The van der Waals surface area contributed by atoms with Crippen LogP contribution in [0.2, 0.25) is 0 Å². The van der Waals surface area contributed by atoms with Gasteiger partial charge < -0.3 is 9.47 Å². The highest BCUT2D eigenvalue weighted by Crippen LogP contribution is 2.50. The third kappa shape index (κ3) is 1.90. The third-order valence-corrected chi connectivity index (χ3v) is 4.44. The highest BCUT2D eigenvalue weighted by molar-refractivity contribution is 5.50. The summed E-state index contributed by atoms with van der Waals surface area (Å²) in [5, 5.41) is 0. The Labute approximate surface area is 104 Å². The van der Waals surface area contributed by atoms with Gasteiger partial charge in [-0.3, -0.25) is 0 Å². The van der Waals surface area contributed by atoms with Crippen LogP contribution in [0.3, 0.4) is 0 Å². The Balaban J connectivity index is 2.51. The standard InChI is InChI=1S/C15H22O2/c1-11-7-6-10-15(11,2)12-8-5-9-13(16-3)14(12)17-4/h5,8-9,11H,6-7,10H2,1-4H3. The lowest BCUT2D eigenvalue weighted by atomic mass is 9.74. The van der Waals surface area contributed by atoms with E-state index in [2.05, 4.69) is 26.0 Å². The van der Waals surface area contributed by atoms with E-state index in [9.17, 15) is 0 Å². The molecule has 1 aliphatic carbocycles. The summed E-state index contributed by atoms with van der Waals surface area (Å²) in [6, 6.07) is 6.21. The van der Waals surface area contributed by atoms with Gasteiger partial charge in [0, 0.05) is 5.56 Å². The van der Waals surface area contributed by atoms with Crippen molar-refractivity contribution in [1.29, 1.82) is 0 Å². The summed E-state index contributed by atoms with van der Waals surface area (Å²) in [6.07, 6.45) is 3.84. The minimum absolute atomic E-state index is 0.222. The van der Waals surface area contributed by atoms with Gasteiger partial charge in [0.1, 0.15) is 0 Å². The summed E-state index contributed by atoms with van der Waals surface area (Å²) >= 11 is 0. The Bertz CT molecular complexity index is 400. The normalized spacial score (nSPS) is 28.1. The van der Waals surface area contributed by atoms with Crippen LogP contribution in [0.4, 0.5) is 0 Å². The van der Waals surface area contributed by atoms with Gasteiger partial charge in [0.15, 0.2) is 11.5 Å². The molecule has 2 unspecified atom stereocenters. The first-order chi connectivity index (χ1) is 8.13. The summed E-state index contributed by atoms with van der Waals surface area (Å²) in [7, 11) is 3.42. The van der Waals surface area contributed by atoms with Crippen LogP contribution in [0, 0.1) is 5.92 Å². The molecule has 94 valence electrons. The van der Waals surface area contributed by atoms with Gasteiger partial charge in [-0.25, -0.2) is 0 Å². The number of methoxy groups -OCH3 is 2. The molecule has 0 N–H and O–H groups in total. The predicted molar refractivity (Wildman–Crippen MR) is 69.9 cm³/mol. The Hall–Kier alpha value is -1.18. The minimum atomic E-state index is 0.222. The van der Waals surface area contributed by atoms with E-state index in [0.717, 1.165) is 11.5 Å². The molecule has 0 aliphatic heterocycles. The molecule has 2 rings (SSSR count). The summed E-state index contributed by atoms with van der Waals surface area (Å²) in [5.41, 5.74) is 1.52. The summed E-state index contributed by atoms with van der Waals surface area (Å²) in [4.78, 5) is 0. The largest absolute Gasteiger partial charge is 0.493 e. The number of para-hydroxylation sites is 1. The van der Waals surface area contributed by atoms with Gasteiger partial charge in [0.05, 0.1) is 14.2 Å². The Morgan fingerprint density at radius 3 is 2.53 bits per heavy atom. The second-order valence-electron chi connectivity index (χ2n) is 5.25. The fraction of sp³-hybridized carbons (Fsp3) is 0.600. The molecule has 17 heavy (non-hydrogen) atoms. The van der Waals surface area contributed by atoms with Crippen LogP contribution in [0.25, 0.3) is 0 Å². The number of hydrogen-bond donors (Lipinski definition) is 0. The van der Waals surface area contributed by atoms with Crippen molar-refractivity contribution in [2.75, 3.05) is 14.2 Å². The monoisotopic (exact) mass is 234 g/mol. The van der Waals surface area contributed by atoms with E-state index in [0.29, 0.717) is 5.92 Å². The zero-order valence-electron chi connectivity index (χ0n) is 11.2. The number of hydrogen-bond acceptors (Lipinski definition) is 2. The van der Waals surface area contributed by atoms with Crippen molar-refractivity contribution in [2.24, 2.45) is 5.92 Å². The topological polar surface area (TPSA) is 18.5 Å². The summed E-state index contributed by atoms with van der Waals surface area (Å²) in [5.74, 6) is 2.44. The number of benzene rings is 1. The lowest BCUT2D eigenvalue weighted by Crippen LogP contribution is -2.25. The van der Waals surface area contributed by atoms with Crippen molar-refractivity contribution in [3.63, 3.8) is 0 Å². The van der Waals surface area contributed by atoms with Gasteiger partial charge in [-0.15, -0.1) is 0 Å². The fourth-order valence-electron chi connectivity index (χ4n) is 3.08. The van der Waals surface area contributed by atoms with E-state index in [-0.39, 0.29) is 5.41 Å². The zero-order valence-corrected chi connectivity index (χ0v) is 11.2. The molecule has 2 nitrogen and oxygen atoms in total. The Morgan fingerprint density at radius 2 is 2.00 bits per heavy atom. The van der Waals surface area contributed by atoms with Crippen molar-refractivity contribution < 1.29 is 9.47 Å². The van der Waals surface area contributed by atoms with Gasteiger partial charge in [-0.1, -0.05) is 32.4 Å².